The maximum Gasteiger partial charge on any atom is 0.244 e. The number of rotatable bonds is 7. The lowest BCUT2D eigenvalue weighted by atomic mass is 10.3. The quantitative estimate of drug-likeness (QED) is 0.764. The molecule has 0 amide bonds. The van der Waals surface area contributed by atoms with Crippen molar-refractivity contribution in [2.75, 3.05) is 20.8 Å². The minimum atomic E-state index is -3.61. The van der Waals surface area contributed by atoms with Crippen LogP contribution in [-0.4, -0.2) is 45.3 Å². The molecule has 0 unspecified atom stereocenters. The molecule has 1 aromatic heterocycles. The van der Waals surface area contributed by atoms with Gasteiger partial charge in [0.25, 0.3) is 0 Å². The fourth-order valence-corrected chi connectivity index (χ4v) is 3.79. The lowest BCUT2D eigenvalue weighted by molar-refractivity contribution is -0.0960. The van der Waals surface area contributed by atoms with Gasteiger partial charge in [0, 0.05) is 20.4 Å². The first-order valence-electron chi connectivity index (χ1n) is 7.09. The standard InChI is InChI=1S/C13H23N3O4S/c1-10-12(9-16(15-10)11-6-4-5-7-11)21(17,18)14-8-13(19-2)20-3/h9,11,13-14H,4-8H2,1-3H3. The molecule has 0 aliphatic heterocycles. The van der Waals surface area contributed by atoms with Gasteiger partial charge in [0.2, 0.25) is 10.0 Å². The van der Waals surface area contributed by atoms with E-state index in [0.717, 1.165) is 12.8 Å². The smallest absolute Gasteiger partial charge is 0.244 e. The van der Waals surface area contributed by atoms with E-state index in [0.29, 0.717) is 11.7 Å². The second-order valence-electron chi connectivity index (χ2n) is 5.25. The average Bonchev–Trinajstić information content (AvgIpc) is 3.08. The van der Waals surface area contributed by atoms with Gasteiger partial charge in [0.1, 0.15) is 4.90 Å². The van der Waals surface area contributed by atoms with Crippen LogP contribution in [0.15, 0.2) is 11.1 Å². The molecule has 7 nitrogen and oxygen atoms in total. The summed E-state index contributed by atoms with van der Waals surface area (Å²) in [6.07, 6.45) is 5.49. The molecule has 0 spiro atoms. The van der Waals surface area contributed by atoms with Crippen LogP contribution in [0.2, 0.25) is 0 Å². The van der Waals surface area contributed by atoms with E-state index < -0.39 is 16.3 Å². The second-order valence-corrected chi connectivity index (χ2v) is 6.99. The van der Waals surface area contributed by atoms with Crippen LogP contribution in [-0.2, 0) is 19.5 Å². The molecule has 0 saturated heterocycles. The van der Waals surface area contributed by atoms with Crippen LogP contribution in [0.25, 0.3) is 0 Å². The lowest BCUT2D eigenvalue weighted by Gasteiger charge is -2.14. The summed E-state index contributed by atoms with van der Waals surface area (Å²) in [5, 5.41) is 4.36. The Morgan fingerprint density at radius 1 is 1.38 bits per heavy atom. The van der Waals surface area contributed by atoms with Crippen LogP contribution in [0.5, 0.6) is 0 Å². The highest BCUT2D eigenvalue weighted by Crippen LogP contribution is 2.30. The zero-order valence-electron chi connectivity index (χ0n) is 12.7. The number of methoxy groups -OCH3 is 2. The van der Waals surface area contributed by atoms with E-state index in [4.69, 9.17) is 9.47 Å². The van der Waals surface area contributed by atoms with Crippen LogP contribution in [0, 0.1) is 6.92 Å². The molecule has 0 atom stereocenters. The number of aromatic nitrogens is 2. The number of ether oxygens (including phenoxy) is 2. The van der Waals surface area contributed by atoms with Gasteiger partial charge in [-0.3, -0.25) is 4.68 Å². The van der Waals surface area contributed by atoms with Crippen molar-refractivity contribution in [2.45, 2.75) is 49.8 Å². The largest absolute Gasteiger partial charge is 0.355 e. The predicted octanol–water partition coefficient (Wildman–Crippen LogP) is 1.20. The Balaban J connectivity index is 2.12. The van der Waals surface area contributed by atoms with E-state index in [1.807, 2.05) is 0 Å². The van der Waals surface area contributed by atoms with E-state index in [9.17, 15) is 8.42 Å². The molecule has 21 heavy (non-hydrogen) atoms. The molecule has 1 heterocycles. The van der Waals surface area contributed by atoms with Crippen molar-refractivity contribution in [3.63, 3.8) is 0 Å². The fourth-order valence-electron chi connectivity index (χ4n) is 2.60. The third kappa shape index (κ3) is 3.82. The Labute approximate surface area is 125 Å². The maximum atomic E-state index is 12.3. The SMILES string of the molecule is COC(CNS(=O)(=O)c1cn(C2CCCC2)nc1C)OC. The third-order valence-electron chi connectivity index (χ3n) is 3.83. The molecular weight excluding hydrogens is 294 g/mol. The Morgan fingerprint density at radius 2 is 2.00 bits per heavy atom. The number of hydrogen-bond acceptors (Lipinski definition) is 5. The molecule has 0 aromatic carbocycles. The molecule has 1 N–H and O–H groups in total. The van der Waals surface area contributed by atoms with Crippen molar-refractivity contribution in [1.82, 2.24) is 14.5 Å². The number of nitrogens with zero attached hydrogens (tertiary/aromatic N) is 2. The number of sulfonamides is 1. The molecule has 0 bridgehead atoms. The molecule has 1 fully saturated rings. The summed E-state index contributed by atoms with van der Waals surface area (Å²) in [7, 11) is -0.680. The summed E-state index contributed by atoms with van der Waals surface area (Å²) in [5.74, 6) is 0. The highest BCUT2D eigenvalue weighted by Gasteiger charge is 2.25. The topological polar surface area (TPSA) is 82.5 Å². The summed E-state index contributed by atoms with van der Waals surface area (Å²) in [6, 6.07) is 0.318. The van der Waals surface area contributed by atoms with Crippen molar-refractivity contribution in [1.29, 1.82) is 0 Å². The van der Waals surface area contributed by atoms with Gasteiger partial charge in [-0.2, -0.15) is 5.10 Å². The van der Waals surface area contributed by atoms with Gasteiger partial charge in [-0.05, 0) is 19.8 Å². The molecule has 8 heteroatoms. The molecule has 0 radical (unpaired) electrons. The summed E-state index contributed by atoms with van der Waals surface area (Å²) in [4.78, 5) is 0.223. The molecule has 120 valence electrons. The highest BCUT2D eigenvalue weighted by atomic mass is 32.2. The van der Waals surface area contributed by atoms with E-state index in [1.165, 1.54) is 27.1 Å². The number of nitrogens with one attached hydrogen (secondary N) is 1. The minimum Gasteiger partial charge on any atom is -0.355 e. The second kappa shape index (κ2) is 6.87. The van der Waals surface area contributed by atoms with Crippen molar-refractivity contribution in [3.05, 3.63) is 11.9 Å². The Hall–Kier alpha value is -0.960. The average molecular weight is 317 g/mol. The van der Waals surface area contributed by atoms with Crippen molar-refractivity contribution in [2.24, 2.45) is 0 Å². The van der Waals surface area contributed by atoms with Gasteiger partial charge >= 0.3 is 0 Å². The van der Waals surface area contributed by atoms with Crippen molar-refractivity contribution < 1.29 is 17.9 Å². The third-order valence-corrected chi connectivity index (χ3v) is 5.35. The fraction of sp³-hybridized carbons (Fsp3) is 0.769. The highest BCUT2D eigenvalue weighted by molar-refractivity contribution is 7.89. The summed E-state index contributed by atoms with van der Waals surface area (Å²) in [6.45, 7) is 1.77. The Kier molecular flexibility index (Phi) is 5.37. The van der Waals surface area contributed by atoms with Crippen LogP contribution < -0.4 is 4.72 Å². The van der Waals surface area contributed by atoms with Crippen molar-refractivity contribution >= 4 is 10.0 Å². The molecule has 1 aliphatic carbocycles. The van der Waals surface area contributed by atoms with Gasteiger partial charge in [-0.1, -0.05) is 12.8 Å². The molecule has 1 aliphatic rings. The van der Waals surface area contributed by atoms with Gasteiger partial charge in [0.15, 0.2) is 6.29 Å². The maximum absolute atomic E-state index is 12.3. The molecule has 2 rings (SSSR count). The first-order chi connectivity index (χ1) is 9.97. The van der Waals surface area contributed by atoms with Gasteiger partial charge < -0.3 is 9.47 Å². The van der Waals surface area contributed by atoms with E-state index in [-0.39, 0.29) is 11.4 Å². The summed E-state index contributed by atoms with van der Waals surface area (Å²) < 4.78 is 38.9. The summed E-state index contributed by atoms with van der Waals surface area (Å²) in [5.41, 5.74) is 0.515. The van der Waals surface area contributed by atoms with E-state index >= 15 is 0 Å². The normalized spacial score (nSPS) is 17.0. The lowest BCUT2D eigenvalue weighted by Crippen LogP contribution is -2.34. The monoisotopic (exact) mass is 317 g/mol. The number of aryl methyl sites for hydroxylation is 1. The van der Waals surface area contributed by atoms with Gasteiger partial charge in [0.05, 0.1) is 18.3 Å². The Morgan fingerprint density at radius 3 is 2.57 bits per heavy atom. The van der Waals surface area contributed by atoms with Crippen LogP contribution >= 0.6 is 0 Å². The van der Waals surface area contributed by atoms with Crippen LogP contribution in [0.1, 0.15) is 37.4 Å². The minimum absolute atomic E-state index is 0.0589. The molecule has 1 aromatic rings. The van der Waals surface area contributed by atoms with Gasteiger partial charge in [-0.25, -0.2) is 13.1 Å². The Bertz CT molecular complexity index is 560. The predicted molar refractivity (Wildman–Crippen MR) is 77.5 cm³/mol. The zero-order chi connectivity index (χ0) is 15.5. The molecule has 1 saturated carbocycles. The van der Waals surface area contributed by atoms with E-state index in [2.05, 4.69) is 9.82 Å². The van der Waals surface area contributed by atoms with Crippen LogP contribution in [0.4, 0.5) is 0 Å². The zero-order valence-corrected chi connectivity index (χ0v) is 13.5. The number of hydrogen-bond donors (Lipinski definition) is 1. The van der Waals surface area contributed by atoms with E-state index in [1.54, 1.807) is 17.8 Å². The first-order valence-corrected chi connectivity index (χ1v) is 8.57. The van der Waals surface area contributed by atoms with Gasteiger partial charge in [-0.15, -0.1) is 0 Å². The van der Waals surface area contributed by atoms with Crippen LogP contribution in [0.3, 0.4) is 0 Å². The molecular formula is C13H23N3O4S. The summed E-state index contributed by atoms with van der Waals surface area (Å²) >= 11 is 0. The van der Waals surface area contributed by atoms with Crippen molar-refractivity contribution in [3.8, 4) is 0 Å². The first kappa shape index (κ1) is 16.4.